The molecule has 0 unspecified atom stereocenters. The Kier molecular flexibility index (Phi) is 6.41. The first kappa shape index (κ1) is 20.7. The van der Waals surface area contributed by atoms with Gasteiger partial charge < -0.3 is 9.84 Å². The van der Waals surface area contributed by atoms with Crippen LogP contribution in [0.1, 0.15) is 15.9 Å². The van der Waals surface area contributed by atoms with Gasteiger partial charge in [-0.2, -0.15) is 0 Å². The second-order valence-electron chi connectivity index (χ2n) is 6.01. The summed E-state index contributed by atoms with van der Waals surface area (Å²) in [6.07, 6.45) is 3.44. The Bertz CT molecular complexity index is 1030. The van der Waals surface area contributed by atoms with E-state index in [1.54, 1.807) is 25.3 Å². The van der Waals surface area contributed by atoms with Crippen LogP contribution in [0.5, 0.6) is 5.75 Å². The zero-order valence-corrected chi connectivity index (χ0v) is 17.0. The van der Waals surface area contributed by atoms with E-state index in [0.717, 1.165) is 5.56 Å². The van der Waals surface area contributed by atoms with Crippen LogP contribution in [0.2, 0.25) is 5.02 Å². The molecule has 29 heavy (non-hydrogen) atoms. The molecule has 1 aliphatic rings. The fraction of sp³-hybridized carbons (Fsp3) is 0.0952. The normalized spacial score (nSPS) is 16.5. The highest BCUT2D eigenvalue weighted by atomic mass is 35.5. The third-order valence-corrected chi connectivity index (χ3v) is 5.34. The number of likely N-dealkylation sites (N-methyl/N-ethyl adjacent to an activating group) is 1. The molecule has 2 aromatic rings. The molecule has 8 heteroatoms. The predicted molar refractivity (Wildman–Crippen MR) is 116 cm³/mol. The van der Waals surface area contributed by atoms with E-state index in [9.17, 15) is 14.7 Å². The summed E-state index contributed by atoms with van der Waals surface area (Å²) in [6, 6.07) is 11.8. The maximum Gasteiger partial charge on any atom is 0.337 e. The molecule has 0 spiro atoms. The van der Waals surface area contributed by atoms with Gasteiger partial charge in [0, 0.05) is 7.05 Å². The van der Waals surface area contributed by atoms with Crippen LogP contribution in [0.4, 0.5) is 5.69 Å². The SMILES string of the molecule is C=CCOc1ccc(/C=C2/SC(=Nc3ccc(Cl)c(C(=O)O)c3)N(C)C2=O)cc1. The van der Waals surface area contributed by atoms with Crippen LogP contribution in [0.15, 0.2) is 65.0 Å². The summed E-state index contributed by atoms with van der Waals surface area (Å²) in [7, 11) is 1.62. The molecule has 0 saturated carbocycles. The highest BCUT2D eigenvalue weighted by Gasteiger charge is 2.30. The summed E-state index contributed by atoms with van der Waals surface area (Å²) in [5.41, 5.74) is 1.21. The standard InChI is InChI=1S/C21H17ClN2O4S/c1-3-10-28-15-7-4-13(5-8-15)11-18-19(25)24(2)21(29-18)23-14-6-9-17(22)16(12-14)20(26)27/h3-9,11-12H,1,10H2,2H3,(H,26,27)/b18-11+,23-21?. The smallest absolute Gasteiger partial charge is 0.337 e. The summed E-state index contributed by atoms with van der Waals surface area (Å²) in [5.74, 6) is -0.608. The lowest BCUT2D eigenvalue weighted by Gasteiger charge is -2.07. The van der Waals surface area contributed by atoms with E-state index in [2.05, 4.69) is 11.6 Å². The van der Waals surface area contributed by atoms with E-state index in [-0.39, 0.29) is 16.5 Å². The molecule has 1 saturated heterocycles. The Balaban J connectivity index is 1.83. The predicted octanol–water partition coefficient (Wildman–Crippen LogP) is 4.84. The number of amides is 1. The summed E-state index contributed by atoms with van der Waals surface area (Å²) >= 11 is 7.11. The molecule has 148 valence electrons. The molecule has 0 radical (unpaired) electrons. The third-order valence-electron chi connectivity index (χ3n) is 3.95. The van der Waals surface area contributed by atoms with Crippen LogP contribution in [0, 0.1) is 0 Å². The van der Waals surface area contributed by atoms with Crippen molar-refractivity contribution in [3.63, 3.8) is 0 Å². The van der Waals surface area contributed by atoms with Crippen molar-refractivity contribution in [3.05, 3.63) is 76.2 Å². The Morgan fingerprint density at radius 1 is 1.31 bits per heavy atom. The van der Waals surface area contributed by atoms with Gasteiger partial charge in [-0.1, -0.05) is 36.4 Å². The number of nitrogens with zero attached hydrogens (tertiary/aromatic N) is 2. The number of ether oxygens (including phenoxy) is 1. The summed E-state index contributed by atoms with van der Waals surface area (Å²) in [5, 5.41) is 9.77. The van der Waals surface area contributed by atoms with Gasteiger partial charge in [0.1, 0.15) is 12.4 Å². The average Bonchev–Trinajstić information content (AvgIpc) is 2.96. The zero-order valence-electron chi connectivity index (χ0n) is 15.5. The first-order valence-electron chi connectivity index (χ1n) is 8.52. The van der Waals surface area contributed by atoms with Gasteiger partial charge in [0.15, 0.2) is 5.17 Å². The molecule has 1 fully saturated rings. The van der Waals surface area contributed by atoms with Crippen molar-refractivity contribution in [1.29, 1.82) is 0 Å². The minimum absolute atomic E-state index is 0.0416. The van der Waals surface area contributed by atoms with E-state index in [4.69, 9.17) is 16.3 Å². The Hall–Kier alpha value is -3.03. The highest BCUT2D eigenvalue weighted by Crippen LogP contribution is 2.34. The van der Waals surface area contributed by atoms with Crippen molar-refractivity contribution < 1.29 is 19.4 Å². The van der Waals surface area contributed by atoms with Crippen LogP contribution >= 0.6 is 23.4 Å². The molecule has 0 aromatic heterocycles. The van der Waals surface area contributed by atoms with Gasteiger partial charge >= 0.3 is 5.97 Å². The van der Waals surface area contributed by atoms with Crippen molar-refractivity contribution in [2.75, 3.05) is 13.7 Å². The number of carboxylic acid groups (broad SMARTS) is 1. The van der Waals surface area contributed by atoms with Crippen LogP contribution in [0.25, 0.3) is 6.08 Å². The largest absolute Gasteiger partial charge is 0.490 e. The van der Waals surface area contributed by atoms with Gasteiger partial charge in [-0.05, 0) is 53.7 Å². The maximum atomic E-state index is 12.6. The van der Waals surface area contributed by atoms with E-state index < -0.39 is 5.97 Å². The maximum absolute atomic E-state index is 12.6. The number of rotatable bonds is 6. The van der Waals surface area contributed by atoms with Gasteiger partial charge in [0.2, 0.25) is 0 Å². The number of aliphatic imine (C=N–C) groups is 1. The molecule has 1 aliphatic heterocycles. The van der Waals surface area contributed by atoms with Gasteiger partial charge in [-0.25, -0.2) is 9.79 Å². The first-order chi connectivity index (χ1) is 13.9. The fourth-order valence-corrected chi connectivity index (χ4v) is 3.66. The lowest BCUT2D eigenvalue weighted by molar-refractivity contribution is -0.121. The lowest BCUT2D eigenvalue weighted by Crippen LogP contribution is -2.23. The van der Waals surface area contributed by atoms with Crippen LogP contribution in [-0.2, 0) is 4.79 Å². The molecule has 2 aromatic carbocycles. The molecule has 1 amide bonds. The van der Waals surface area contributed by atoms with Crippen molar-refractivity contribution >= 4 is 52.2 Å². The lowest BCUT2D eigenvalue weighted by atomic mass is 10.2. The summed E-state index contributed by atoms with van der Waals surface area (Å²) < 4.78 is 5.45. The number of aromatic carboxylic acids is 1. The van der Waals surface area contributed by atoms with E-state index in [1.165, 1.54) is 28.8 Å². The van der Waals surface area contributed by atoms with Crippen molar-refractivity contribution in [2.45, 2.75) is 0 Å². The molecule has 0 aliphatic carbocycles. The van der Waals surface area contributed by atoms with E-state index >= 15 is 0 Å². The van der Waals surface area contributed by atoms with Gasteiger partial charge in [0.05, 0.1) is 21.2 Å². The van der Waals surface area contributed by atoms with Crippen LogP contribution < -0.4 is 4.74 Å². The van der Waals surface area contributed by atoms with Crippen molar-refractivity contribution in [1.82, 2.24) is 4.90 Å². The minimum atomic E-state index is -1.14. The number of carboxylic acids is 1. The highest BCUT2D eigenvalue weighted by molar-refractivity contribution is 8.18. The van der Waals surface area contributed by atoms with Crippen molar-refractivity contribution in [3.8, 4) is 5.75 Å². The minimum Gasteiger partial charge on any atom is -0.490 e. The number of hydrogen-bond acceptors (Lipinski definition) is 5. The number of thioether (sulfide) groups is 1. The fourth-order valence-electron chi connectivity index (χ4n) is 2.48. The first-order valence-corrected chi connectivity index (χ1v) is 9.71. The Morgan fingerprint density at radius 3 is 2.69 bits per heavy atom. The van der Waals surface area contributed by atoms with Crippen LogP contribution in [0.3, 0.4) is 0 Å². The molecule has 3 rings (SSSR count). The molecule has 0 bridgehead atoms. The summed E-state index contributed by atoms with van der Waals surface area (Å²) in [6.45, 7) is 4.03. The third kappa shape index (κ3) is 4.88. The Morgan fingerprint density at radius 2 is 2.03 bits per heavy atom. The topological polar surface area (TPSA) is 79.2 Å². The molecular formula is C21H17ClN2O4S. The van der Waals surface area contributed by atoms with Crippen molar-refractivity contribution in [2.24, 2.45) is 4.99 Å². The monoisotopic (exact) mass is 428 g/mol. The second kappa shape index (κ2) is 8.98. The number of carbonyl (C=O) groups excluding carboxylic acids is 1. The van der Waals surface area contributed by atoms with Crippen LogP contribution in [-0.4, -0.2) is 40.7 Å². The average molecular weight is 429 g/mol. The van der Waals surface area contributed by atoms with Gasteiger partial charge in [-0.15, -0.1) is 0 Å². The number of amidine groups is 1. The molecular weight excluding hydrogens is 412 g/mol. The quantitative estimate of drug-likeness (QED) is 0.526. The number of carbonyl (C=O) groups is 2. The number of benzene rings is 2. The number of halogens is 1. The molecule has 1 N–H and O–H groups in total. The molecule has 1 heterocycles. The number of hydrogen-bond donors (Lipinski definition) is 1. The van der Waals surface area contributed by atoms with E-state index in [1.807, 2.05) is 24.3 Å². The molecule has 6 nitrogen and oxygen atoms in total. The Labute approximate surface area is 177 Å². The van der Waals surface area contributed by atoms with Gasteiger partial charge in [0.25, 0.3) is 5.91 Å². The molecule has 0 atom stereocenters. The summed E-state index contributed by atoms with van der Waals surface area (Å²) in [4.78, 5) is 30.1. The second-order valence-corrected chi connectivity index (χ2v) is 7.42. The van der Waals surface area contributed by atoms with E-state index in [0.29, 0.717) is 28.1 Å². The van der Waals surface area contributed by atoms with Gasteiger partial charge in [-0.3, -0.25) is 9.69 Å². The zero-order chi connectivity index (χ0) is 21.0.